The van der Waals surface area contributed by atoms with Gasteiger partial charge in [-0.05, 0) is 36.8 Å². The number of nitrogens with zero attached hydrogens (tertiary/aromatic N) is 1. The van der Waals surface area contributed by atoms with Crippen molar-refractivity contribution in [2.75, 3.05) is 16.8 Å². The van der Waals surface area contributed by atoms with Crippen molar-refractivity contribution in [3.63, 3.8) is 0 Å². The van der Waals surface area contributed by atoms with Crippen LogP contribution in [0.2, 0.25) is 10.0 Å². The highest BCUT2D eigenvalue weighted by molar-refractivity contribution is 6.42. The molecule has 0 fully saturated rings. The smallest absolute Gasteiger partial charge is 0.226 e. The van der Waals surface area contributed by atoms with Gasteiger partial charge >= 0.3 is 0 Å². The molecule has 0 aliphatic heterocycles. The standard InChI is InChI=1S/C18H18Cl2N2O2/c1-12-5-3-4-6-17(12)22(13(2)23)10-9-18(24)21-14-7-8-15(19)16(20)11-14/h3-8,11H,9-10H2,1-2H3,(H,21,24). The van der Waals surface area contributed by atoms with Crippen LogP contribution in [0.3, 0.4) is 0 Å². The fourth-order valence-electron chi connectivity index (χ4n) is 2.32. The quantitative estimate of drug-likeness (QED) is 0.836. The zero-order valence-electron chi connectivity index (χ0n) is 13.5. The number of hydrogen-bond acceptors (Lipinski definition) is 2. The summed E-state index contributed by atoms with van der Waals surface area (Å²) < 4.78 is 0. The average Bonchev–Trinajstić information content (AvgIpc) is 2.52. The second-order valence-electron chi connectivity index (χ2n) is 5.38. The van der Waals surface area contributed by atoms with Gasteiger partial charge in [-0.2, -0.15) is 0 Å². The van der Waals surface area contributed by atoms with E-state index in [1.807, 2.05) is 31.2 Å². The first kappa shape index (κ1) is 18.3. The van der Waals surface area contributed by atoms with Gasteiger partial charge in [-0.15, -0.1) is 0 Å². The maximum absolute atomic E-state index is 12.1. The van der Waals surface area contributed by atoms with Gasteiger partial charge < -0.3 is 10.2 Å². The second kappa shape index (κ2) is 8.18. The molecule has 0 aliphatic carbocycles. The van der Waals surface area contributed by atoms with Crippen molar-refractivity contribution in [2.45, 2.75) is 20.3 Å². The van der Waals surface area contributed by atoms with Gasteiger partial charge in [0.15, 0.2) is 0 Å². The first-order chi connectivity index (χ1) is 11.4. The van der Waals surface area contributed by atoms with Crippen LogP contribution < -0.4 is 10.2 Å². The lowest BCUT2D eigenvalue weighted by Crippen LogP contribution is -2.32. The highest BCUT2D eigenvalue weighted by Crippen LogP contribution is 2.25. The molecule has 0 saturated carbocycles. The summed E-state index contributed by atoms with van der Waals surface area (Å²) in [5.74, 6) is -0.306. The topological polar surface area (TPSA) is 49.4 Å². The average molecular weight is 365 g/mol. The Kier molecular flexibility index (Phi) is 6.23. The van der Waals surface area contributed by atoms with Gasteiger partial charge in [0.25, 0.3) is 0 Å². The van der Waals surface area contributed by atoms with Gasteiger partial charge in [-0.25, -0.2) is 0 Å². The molecule has 0 aliphatic rings. The Labute approximate surface area is 151 Å². The minimum absolute atomic E-state index is 0.105. The van der Waals surface area contributed by atoms with E-state index >= 15 is 0 Å². The van der Waals surface area contributed by atoms with Gasteiger partial charge in [0.1, 0.15) is 0 Å². The molecule has 24 heavy (non-hydrogen) atoms. The largest absolute Gasteiger partial charge is 0.326 e. The lowest BCUT2D eigenvalue weighted by atomic mass is 10.1. The van der Waals surface area contributed by atoms with E-state index in [-0.39, 0.29) is 18.2 Å². The third-order valence-corrected chi connectivity index (χ3v) is 4.29. The van der Waals surface area contributed by atoms with E-state index in [1.165, 1.54) is 6.92 Å². The van der Waals surface area contributed by atoms with E-state index in [9.17, 15) is 9.59 Å². The summed E-state index contributed by atoms with van der Waals surface area (Å²) in [5, 5.41) is 3.55. The van der Waals surface area contributed by atoms with E-state index in [0.717, 1.165) is 11.3 Å². The van der Waals surface area contributed by atoms with E-state index in [0.29, 0.717) is 22.3 Å². The van der Waals surface area contributed by atoms with Crippen LogP contribution in [0.25, 0.3) is 0 Å². The van der Waals surface area contributed by atoms with Gasteiger partial charge in [0.05, 0.1) is 10.0 Å². The van der Waals surface area contributed by atoms with Crippen molar-refractivity contribution in [2.24, 2.45) is 0 Å². The number of carbonyl (C=O) groups excluding carboxylic acids is 2. The number of rotatable bonds is 5. The van der Waals surface area contributed by atoms with Gasteiger partial charge in [-0.1, -0.05) is 41.4 Å². The molecular formula is C18H18Cl2N2O2. The Morgan fingerprint density at radius 3 is 2.42 bits per heavy atom. The molecule has 1 N–H and O–H groups in total. The lowest BCUT2D eigenvalue weighted by Gasteiger charge is -2.22. The summed E-state index contributed by atoms with van der Waals surface area (Å²) >= 11 is 11.8. The van der Waals surface area contributed by atoms with E-state index in [4.69, 9.17) is 23.2 Å². The Bertz CT molecular complexity index is 762. The summed E-state index contributed by atoms with van der Waals surface area (Å²) in [6.07, 6.45) is 0.175. The predicted octanol–water partition coefficient (Wildman–Crippen LogP) is 4.68. The monoisotopic (exact) mass is 364 g/mol. The summed E-state index contributed by atoms with van der Waals surface area (Å²) in [6.45, 7) is 3.72. The number of halogens is 2. The number of para-hydroxylation sites is 1. The Morgan fingerprint density at radius 2 is 1.79 bits per heavy atom. The molecule has 0 saturated heterocycles. The molecule has 0 spiro atoms. The lowest BCUT2D eigenvalue weighted by molar-refractivity contribution is -0.117. The van der Waals surface area contributed by atoms with Crippen molar-refractivity contribution < 1.29 is 9.59 Å². The molecule has 126 valence electrons. The van der Waals surface area contributed by atoms with Crippen LogP contribution >= 0.6 is 23.2 Å². The van der Waals surface area contributed by atoms with Gasteiger partial charge in [0.2, 0.25) is 11.8 Å². The highest BCUT2D eigenvalue weighted by Gasteiger charge is 2.15. The summed E-state index contributed by atoms with van der Waals surface area (Å²) in [6, 6.07) is 12.5. The maximum Gasteiger partial charge on any atom is 0.226 e. The third-order valence-electron chi connectivity index (χ3n) is 3.55. The van der Waals surface area contributed by atoms with Crippen LogP contribution in [-0.2, 0) is 9.59 Å². The fraction of sp³-hybridized carbons (Fsp3) is 0.222. The van der Waals surface area contributed by atoms with E-state index < -0.39 is 0 Å². The highest BCUT2D eigenvalue weighted by atomic mass is 35.5. The van der Waals surface area contributed by atoms with Crippen LogP contribution in [-0.4, -0.2) is 18.4 Å². The molecule has 0 atom stereocenters. The molecule has 2 aromatic rings. The predicted molar refractivity (Wildman–Crippen MR) is 98.9 cm³/mol. The minimum atomic E-state index is -0.201. The number of amides is 2. The number of aryl methyl sites for hydroxylation is 1. The molecule has 4 nitrogen and oxygen atoms in total. The van der Waals surface area contributed by atoms with Crippen molar-refractivity contribution >= 4 is 46.4 Å². The van der Waals surface area contributed by atoms with Crippen molar-refractivity contribution in [1.82, 2.24) is 0 Å². The molecule has 2 aromatic carbocycles. The third kappa shape index (κ3) is 4.73. The molecule has 0 aromatic heterocycles. The fourth-order valence-corrected chi connectivity index (χ4v) is 2.62. The van der Waals surface area contributed by atoms with Crippen LogP contribution in [0.5, 0.6) is 0 Å². The van der Waals surface area contributed by atoms with Crippen LogP contribution in [0.4, 0.5) is 11.4 Å². The van der Waals surface area contributed by atoms with Crippen LogP contribution in [0.15, 0.2) is 42.5 Å². The van der Waals surface area contributed by atoms with Crippen molar-refractivity contribution in [1.29, 1.82) is 0 Å². The Balaban J connectivity index is 2.01. The number of carbonyl (C=O) groups is 2. The van der Waals surface area contributed by atoms with Gasteiger partial charge in [-0.3, -0.25) is 9.59 Å². The summed E-state index contributed by atoms with van der Waals surface area (Å²) in [5.41, 5.74) is 2.37. The molecule has 2 rings (SSSR count). The molecule has 0 unspecified atom stereocenters. The first-order valence-corrected chi connectivity index (χ1v) is 8.22. The second-order valence-corrected chi connectivity index (χ2v) is 6.20. The first-order valence-electron chi connectivity index (χ1n) is 7.47. The minimum Gasteiger partial charge on any atom is -0.326 e. The molecular weight excluding hydrogens is 347 g/mol. The molecule has 0 bridgehead atoms. The van der Waals surface area contributed by atoms with Crippen LogP contribution in [0.1, 0.15) is 18.9 Å². The Morgan fingerprint density at radius 1 is 1.08 bits per heavy atom. The summed E-state index contributed by atoms with van der Waals surface area (Å²) in [4.78, 5) is 25.6. The van der Waals surface area contributed by atoms with Crippen molar-refractivity contribution in [3.05, 3.63) is 58.1 Å². The molecule has 6 heteroatoms. The number of anilines is 2. The molecule has 2 amide bonds. The zero-order chi connectivity index (χ0) is 17.7. The number of nitrogens with one attached hydrogen (secondary N) is 1. The summed E-state index contributed by atoms with van der Waals surface area (Å²) in [7, 11) is 0. The molecule has 0 heterocycles. The normalized spacial score (nSPS) is 10.3. The van der Waals surface area contributed by atoms with E-state index in [2.05, 4.69) is 5.32 Å². The SMILES string of the molecule is CC(=O)N(CCC(=O)Nc1ccc(Cl)c(Cl)c1)c1ccccc1C. The van der Waals surface area contributed by atoms with Gasteiger partial charge in [0, 0.05) is 31.3 Å². The Hall–Kier alpha value is -2.04. The number of benzene rings is 2. The zero-order valence-corrected chi connectivity index (χ0v) is 15.0. The molecule has 0 radical (unpaired) electrons. The van der Waals surface area contributed by atoms with E-state index in [1.54, 1.807) is 23.1 Å². The number of hydrogen-bond donors (Lipinski definition) is 1. The van der Waals surface area contributed by atoms with Crippen molar-refractivity contribution in [3.8, 4) is 0 Å². The maximum atomic E-state index is 12.1. The van der Waals surface area contributed by atoms with Crippen LogP contribution in [0, 0.1) is 6.92 Å².